The molecular formula is C30H38N6OS2. The first kappa shape index (κ1) is 28.8. The number of fused-ring (bicyclic) bond motifs is 1. The molecule has 2 aromatic heterocycles. The van der Waals surface area contributed by atoms with Crippen LogP contribution in [0.1, 0.15) is 54.4 Å². The maximum Gasteiger partial charge on any atom is 0.231 e. The van der Waals surface area contributed by atoms with Gasteiger partial charge < -0.3 is 9.64 Å². The van der Waals surface area contributed by atoms with E-state index in [4.69, 9.17) is 4.74 Å². The molecule has 0 radical (unpaired) electrons. The molecule has 4 rings (SSSR count). The molecule has 2 heterocycles. The number of aromatic nitrogens is 1. The van der Waals surface area contributed by atoms with Gasteiger partial charge in [0.15, 0.2) is 0 Å². The number of ether oxygens (including phenoxy) is 1. The van der Waals surface area contributed by atoms with E-state index in [1.165, 1.54) is 34.8 Å². The lowest BCUT2D eigenvalue weighted by Gasteiger charge is -2.23. The normalized spacial score (nSPS) is 13.1. The van der Waals surface area contributed by atoms with E-state index < -0.39 is 0 Å². The Morgan fingerprint density at radius 3 is 2.13 bits per heavy atom. The molecule has 1 atom stereocenters. The smallest absolute Gasteiger partial charge is 0.231 e. The highest BCUT2D eigenvalue weighted by Crippen LogP contribution is 2.39. The third kappa shape index (κ3) is 8.66. The van der Waals surface area contributed by atoms with Crippen LogP contribution >= 0.6 is 22.7 Å². The van der Waals surface area contributed by atoms with Gasteiger partial charge in [-0.05, 0) is 92.6 Å². The number of anilines is 1. The van der Waals surface area contributed by atoms with E-state index in [0.29, 0.717) is 16.5 Å². The lowest BCUT2D eigenvalue weighted by Crippen LogP contribution is -2.21. The van der Waals surface area contributed by atoms with E-state index in [1.54, 1.807) is 0 Å². The number of azo groups is 2. The van der Waals surface area contributed by atoms with Crippen molar-refractivity contribution in [3.8, 4) is 5.75 Å². The first-order valence-corrected chi connectivity index (χ1v) is 15.2. The molecule has 0 aliphatic heterocycles. The van der Waals surface area contributed by atoms with Crippen molar-refractivity contribution in [1.82, 2.24) is 4.98 Å². The lowest BCUT2D eigenvalue weighted by molar-refractivity contribution is 0.240. The molecule has 0 amide bonds. The number of nitrogens with zero attached hydrogens (tertiary/aromatic N) is 6. The van der Waals surface area contributed by atoms with Crippen LogP contribution in [-0.2, 0) is 0 Å². The minimum absolute atomic E-state index is 0.353. The Morgan fingerprint density at radius 2 is 1.51 bits per heavy atom. The predicted molar refractivity (Wildman–Crippen MR) is 166 cm³/mol. The van der Waals surface area contributed by atoms with Crippen LogP contribution in [0, 0.1) is 11.3 Å². The van der Waals surface area contributed by atoms with E-state index in [1.807, 2.05) is 42.5 Å². The van der Waals surface area contributed by atoms with Crippen LogP contribution in [-0.4, -0.2) is 24.7 Å². The molecular weight excluding hydrogens is 525 g/mol. The monoisotopic (exact) mass is 562 g/mol. The zero-order chi connectivity index (χ0) is 27.8. The van der Waals surface area contributed by atoms with Crippen molar-refractivity contribution in [3.63, 3.8) is 0 Å². The molecule has 0 spiro atoms. The van der Waals surface area contributed by atoms with E-state index in [-0.39, 0.29) is 0 Å². The number of hydrogen-bond donors (Lipinski definition) is 0. The third-order valence-corrected chi connectivity index (χ3v) is 8.16. The van der Waals surface area contributed by atoms with Gasteiger partial charge in [0.2, 0.25) is 5.13 Å². The Hall–Kier alpha value is -3.17. The summed E-state index contributed by atoms with van der Waals surface area (Å²) in [5.41, 5.74) is 3.14. The van der Waals surface area contributed by atoms with Crippen LogP contribution in [0.5, 0.6) is 5.75 Å². The van der Waals surface area contributed by atoms with Crippen LogP contribution in [0.15, 0.2) is 75.1 Å². The van der Waals surface area contributed by atoms with Crippen molar-refractivity contribution >= 4 is 59.4 Å². The molecule has 0 aliphatic carbocycles. The van der Waals surface area contributed by atoms with Gasteiger partial charge in [-0.2, -0.15) is 0 Å². The van der Waals surface area contributed by atoms with Gasteiger partial charge in [-0.1, -0.05) is 50.4 Å². The molecule has 0 saturated carbocycles. The highest BCUT2D eigenvalue weighted by molar-refractivity contribution is 7.30. The Morgan fingerprint density at radius 1 is 0.872 bits per heavy atom. The second-order valence-corrected chi connectivity index (χ2v) is 12.9. The molecule has 2 aromatic carbocycles. The van der Waals surface area contributed by atoms with Gasteiger partial charge in [-0.3, -0.25) is 0 Å². The Bertz CT molecular complexity index is 1350. The standard InChI is InChI=1S/C30H38N6OS2/c1-7-36(8-2)24-13-9-22(10-14-24)33-35-29-31-28-26(38-29)19-27(39-28)34-32-23-11-15-25(16-12-23)37-18-17-21(3)20-30(4,5)6/h9-16,19,21H,7-8,17-18,20H2,1-6H3. The number of hydrogen-bond acceptors (Lipinski definition) is 9. The van der Waals surface area contributed by atoms with Crippen molar-refractivity contribution in [2.45, 2.75) is 54.4 Å². The molecule has 206 valence electrons. The molecule has 7 nitrogen and oxygen atoms in total. The van der Waals surface area contributed by atoms with Gasteiger partial charge in [-0.25, -0.2) is 4.98 Å². The summed E-state index contributed by atoms with van der Waals surface area (Å²) in [6.07, 6.45) is 2.25. The topological polar surface area (TPSA) is 74.8 Å². The summed E-state index contributed by atoms with van der Waals surface area (Å²) < 4.78 is 6.96. The average Bonchev–Trinajstić information content (AvgIpc) is 3.46. The fourth-order valence-corrected chi connectivity index (χ4v) is 6.31. The fraction of sp³-hybridized carbons (Fsp3) is 0.433. The molecule has 0 aliphatic rings. The second kappa shape index (κ2) is 13.3. The van der Waals surface area contributed by atoms with Crippen molar-refractivity contribution < 1.29 is 4.74 Å². The molecule has 4 aromatic rings. The fourth-order valence-electron chi connectivity index (χ4n) is 4.46. The number of benzene rings is 2. The van der Waals surface area contributed by atoms with E-state index in [9.17, 15) is 0 Å². The van der Waals surface area contributed by atoms with Crippen LogP contribution in [0.3, 0.4) is 0 Å². The second-order valence-electron chi connectivity index (χ2n) is 10.8. The highest BCUT2D eigenvalue weighted by atomic mass is 32.1. The molecule has 39 heavy (non-hydrogen) atoms. The molecule has 0 N–H and O–H groups in total. The van der Waals surface area contributed by atoms with Gasteiger partial charge in [0.1, 0.15) is 15.6 Å². The Balaban J connectivity index is 1.29. The van der Waals surface area contributed by atoms with Gasteiger partial charge >= 0.3 is 0 Å². The van der Waals surface area contributed by atoms with Crippen molar-refractivity contribution in [1.29, 1.82) is 0 Å². The number of thiazole rings is 1. The van der Waals surface area contributed by atoms with Gasteiger partial charge in [0, 0.05) is 18.8 Å². The maximum absolute atomic E-state index is 5.93. The molecule has 0 bridgehead atoms. The van der Waals surface area contributed by atoms with Gasteiger partial charge in [-0.15, -0.1) is 20.5 Å². The van der Waals surface area contributed by atoms with E-state index in [2.05, 4.69) is 84.0 Å². The molecule has 0 saturated heterocycles. The predicted octanol–water partition coefficient (Wildman–Crippen LogP) is 10.9. The third-order valence-electron chi connectivity index (χ3n) is 6.24. The van der Waals surface area contributed by atoms with Crippen LogP contribution in [0.25, 0.3) is 9.53 Å². The largest absolute Gasteiger partial charge is 0.494 e. The highest BCUT2D eigenvalue weighted by Gasteiger charge is 2.15. The zero-order valence-corrected chi connectivity index (χ0v) is 25.4. The van der Waals surface area contributed by atoms with Crippen LogP contribution < -0.4 is 9.64 Å². The summed E-state index contributed by atoms with van der Waals surface area (Å²) in [5.74, 6) is 1.50. The van der Waals surface area contributed by atoms with Crippen molar-refractivity contribution in [2.75, 3.05) is 24.6 Å². The maximum atomic E-state index is 5.93. The summed E-state index contributed by atoms with van der Waals surface area (Å²) >= 11 is 3.00. The van der Waals surface area contributed by atoms with Crippen molar-refractivity contribution in [3.05, 3.63) is 54.6 Å². The molecule has 0 fully saturated rings. The quantitative estimate of drug-likeness (QED) is 0.161. The average molecular weight is 563 g/mol. The molecule has 9 heteroatoms. The summed E-state index contributed by atoms with van der Waals surface area (Å²) in [6, 6.07) is 17.9. The first-order chi connectivity index (χ1) is 18.7. The molecule has 1 unspecified atom stereocenters. The van der Waals surface area contributed by atoms with Crippen LogP contribution in [0.4, 0.5) is 27.2 Å². The first-order valence-electron chi connectivity index (χ1n) is 13.5. The lowest BCUT2D eigenvalue weighted by atomic mass is 9.84. The SMILES string of the molecule is CCN(CC)c1ccc(N=Nc2nc3sc(N=Nc4ccc(OCCC(C)CC(C)(C)C)cc4)cc3s2)cc1. The summed E-state index contributed by atoms with van der Waals surface area (Å²) in [7, 11) is 0. The Labute approximate surface area is 239 Å². The van der Waals surface area contributed by atoms with Crippen molar-refractivity contribution in [2.24, 2.45) is 31.8 Å². The van der Waals surface area contributed by atoms with Crippen LogP contribution in [0.2, 0.25) is 0 Å². The zero-order valence-electron chi connectivity index (χ0n) is 23.7. The summed E-state index contributed by atoms with van der Waals surface area (Å²) in [5, 5.41) is 18.9. The Kier molecular flexibility index (Phi) is 9.80. The van der Waals surface area contributed by atoms with Gasteiger partial charge in [0.25, 0.3) is 0 Å². The number of rotatable bonds is 12. The van der Waals surface area contributed by atoms with E-state index in [0.717, 1.165) is 57.8 Å². The van der Waals surface area contributed by atoms with Gasteiger partial charge in [0.05, 0.1) is 22.7 Å². The summed E-state index contributed by atoms with van der Waals surface area (Å²) in [6.45, 7) is 16.1. The number of thiophene rings is 1. The van der Waals surface area contributed by atoms with E-state index >= 15 is 0 Å². The summed E-state index contributed by atoms with van der Waals surface area (Å²) in [4.78, 5) is 7.79. The minimum Gasteiger partial charge on any atom is -0.494 e. The minimum atomic E-state index is 0.353.